The molecule has 0 unspecified atom stereocenters. The lowest BCUT2D eigenvalue weighted by Crippen LogP contribution is -2.33. The summed E-state index contributed by atoms with van der Waals surface area (Å²) in [5.41, 5.74) is 0. The lowest BCUT2D eigenvalue weighted by Gasteiger charge is -2.13. The average molecular weight is 217 g/mol. The van der Waals surface area contributed by atoms with E-state index in [1.807, 2.05) is 0 Å². The zero-order valence-electron chi connectivity index (χ0n) is 9.70. The molecule has 0 amide bonds. The lowest BCUT2D eigenvalue weighted by atomic mass is 10.1. The van der Waals surface area contributed by atoms with Crippen molar-refractivity contribution in [1.82, 2.24) is 5.32 Å². The number of esters is 2. The summed E-state index contributed by atoms with van der Waals surface area (Å²) in [7, 11) is 2.71. The molecule has 15 heavy (non-hydrogen) atoms. The Labute approximate surface area is 90.1 Å². The first-order valence-electron chi connectivity index (χ1n) is 4.89. The van der Waals surface area contributed by atoms with E-state index in [0.717, 1.165) is 0 Å². The summed E-state index contributed by atoms with van der Waals surface area (Å²) in [5.74, 6) is -0.930. The monoisotopic (exact) mass is 217 g/mol. The lowest BCUT2D eigenvalue weighted by molar-refractivity contribution is -0.144. The van der Waals surface area contributed by atoms with Gasteiger partial charge in [-0.15, -0.1) is 0 Å². The Balaban J connectivity index is 3.70. The molecule has 0 aromatic heterocycles. The smallest absolute Gasteiger partial charge is 0.309 e. The predicted molar refractivity (Wildman–Crippen MR) is 55.2 cm³/mol. The molecular weight excluding hydrogens is 198 g/mol. The van der Waals surface area contributed by atoms with Gasteiger partial charge in [-0.3, -0.25) is 9.59 Å². The molecule has 0 rings (SSSR count). The summed E-state index contributed by atoms with van der Waals surface area (Å²) in [4.78, 5) is 22.0. The number of carbonyl (C=O) groups is 2. The van der Waals surface area contributed by atoms with Crippen LogP contribution in [0, 0.1) is 11.8 Å². The third-order valence-electron chi connectivity index (χ3n) is 2.11. The third-order valence-corrected chi connectivity index (χ3v) is 2.11. The van der Waals surface area contributed by atoms with E-state index in [9.17, 15) is 9.59 Å². The Morgan fingerprint density at radius 2 is 1.33 bits per heavy atom. The molecule has 0 bridgehead atoms. The van der Waals surface area contributed by atoms with Crippen LogP contribution in [0.4, 0.5) is 0 Å². The van der Waals surface area contributed by atoms with Gasteiger partial charge >= 0.3 is 11.9 Å². The zero-order valence-corrected chi connectivity index (χ0v) is 9.70. The minimum atomic E-state index is -0.256. The van der Waals surface area contributed by atoms with Crippen LogP contribution in [0.5, 0.6) is 0 Å². The highest BCUT2D eigenvalue weighted by atomic mass is 16.5. The van der Waals surface area contributed by atoms with Crippen LogP contribution in [0.15, 0.2) is 0 Å². The fourth-order valence-electron chi connectivity index (χ4n) is 1.09. The number of hydrogen-bond donors (Lipinski definition) is 1. The van der Waals surface area contributed by atoms with E-state index in [2.05, 4.69) is 14.8 Å². The van der Waals surface area contributed by atoms with Crippen LogP contribution < -0.4 is 5.32 Å². The van der Waals surface area contributed by atoms with Gasteiger partial charge in [0, 0.05) is 13.1 Å². The summed E-state index contributed by atoms with van der Waals surface area (Å²) in [6.45, 7) is 4.52. The van der Waals surface area contributed by atoms with Crippen LogP contribution in [-0.2, 0) is 19.1 Å². The van der Waals surface area contributed by atoms with E-state index in [1.165, 1.54) is 14.2 Å². The number of nitrogens with one attached hydrogen (secondary N) is 1. The Kier molecular flexibility index (Phi) is 6.70. The second-order valence-electron chi connectivity index (χ2n) is 3.51. The van der Waals surface area contributed by atoms with E-state index in [1.54, 1.807) is 13.8 Å². The molecule has 0 saturated carbocycles. The van der Waals surface area contributed by atoms with Crippen molar-refractivity contribution >= 4 is 11.9 Å². The maximum absolute atomic E-state index is 11.0. The van der Waals surface area contributed by atoms with Gasteiger partial charge in [-0.05, 0) is 0 Å². The van der Waals surface area contributed by atoms with Crippen molar-refractivity contribution in [2.75, 3.05) is 27.3 Å². The van der Waals surface area contributed by atoms with Crippen molar-refractivity contribution in [2.24, 2.45) is 11.8 Å². The third kappa shape index (κ3) is 5.37. The van der Waals surface area contributed by atoms with Crippen LogP contribution in [0.1, 0.15) is 13.8 Å². The number of ether oxygens (including phenoxy) is 2. The van der Waals surface area contributed by atoms with Gasteiger partial charge in [-0.2, -0.15) is 0 Å². The molecule has 0 spiro atoms. The molecule has 2 atom stereocenters. The second-order valence-corrected chi connectivity index (χ2v) is 3.51. The molecule has 0 radical (unpaired) electrons. The largest absolute Gasteiger partial charge is 0.469 e. The molecule has 0 aromatic rings. The van der Waals surface area contributed by atoms with Gasteiger partial charge in [0.25, 0.3) is 0 Å². The van der Waals surface area contributed by atoms with Crippen LogP contribution in [0.2, 0.25) is 0 Å². The molecule has 0 aliphatic heterocycles. The van der Waals surface area contributed by atoms with Gasteiger partial charge in [-0.1, -0.05) is 13.8 Å². The molecule has 5 nitrogen and oxygen atoms in total. The highest BCUT2D eigenvalue weighted by molar-refractivity contribution is 5.72. The first-order valence-corrected chi connectivity index (χ1v) is 4.89. The van der Waals surface area contributed by atoms with Gasteiger partial charge in [0.05, 0.1) is 26.1 Å². The Morgan fingerprint density at radius 1 is 1.00 bits per heavy atom. The van der Waals surface area contributed by atoms with Crippen molar-refractivity contribution < 1.29 is 19.1 Å². The normalized spacial score (nSPS) is 14.1. The first-order chi connectivity index (χ1) is 7.02. The second kappa shape index (κ2) is 7.23. The molecule has 0 heterocycles. The molecule has 0 aliphatic rings. The van der Waals surface area contributed by atoms with Crippen molar-refractivity contribution in [3.63, 3.8) is 0 Å². The van der Waals surface area contributed by atoms with Crippen LogP contribution in [0.3, 0.4) is 0 Å². The van der Waals surface area contributed by atoms with Crippen LogP contribution in [-0.4, -0.2) is 39.2 Å². The van der Waals surface area contributed by atoms with E-state index >= 15 is 0 Å². The van der Waals surface area contributed by atoms with E-state index in [0.29, 0.717) is 13.1 Å². The van der Waals surface area contributed by atoms with Gasteiger partial charge in [-0.25, -0.2) is 0 Å². The van der Waals surface area contributed by atoms with Gasteiger partial charge in [0.2, 0.25) is 0 Å². The highest BCUT2D eigenvalue weighted by Gasteiger charge is 2.15. The fraction of sp³-hybridized carbons (Fsp3) is 0.800. The fourth-order valence-corrected chi connectivity index (χ4v) is 1.09. The number of rotatable bonds is 6. The predicted octanol–water partition coefficient (Wildman–Crippen LogP) is 0.194. The zero-order chi connectivity index (χ0) is 11.8. The standard InChI is InChI=1S/C10H19NO4/c1-7(9(12)14-3)5-11-6-8(2)10(13)15-4/h7-8,11H,5-6H2,1-4H3/t7-,8+. The minimum absolute atomic E-state index is 0.208. The van der Waals surface area contributed by atoms with Gasteiger partial charge in [0.15, 0.2) is 0 Å². The Morgan fingerprint density at radius 3 is 1.60 bits per heavy atom. The Hall–Kier alpha value is -1.10. The maximum Gasteiger partial charge on any atom is 0.309 e. The van der Waals surface area contributed by atoms with Gasteiger partial charge in [0.1, 0.15) is 0 Å². The summed E-state index contributed by atoms with van der Waals surface area (Å²) in [5, 5.41) is 3.01. The highest BCUT2D eigenvalue weighted by Crippen LogP contribution is 1.98. The van der Waals surface area contributed by atoms with E-state index in [4.69, 9.17) is 0 Å². The Bertz CT molecular complexity index is 195. The van der Waals surface area contributed by atoms with E-state index < -0.39 is 0 Å². The SMILES string of the molecule is COC(=O)[C@H](C)CNC[C@H](C)C(=O)OC. The summed E-state index contributed by atoms with van der Waals surface area (Å²) in [6, 6.07) is 0. The topological polar surface area (TPSA) is 64.6 Å². The summed E-state index contributed by atoms with van der Waals surface area (Å²) >= 11 is 0. The molecule has 1 N–H and O–H groups in total. The van der Waals surface area contributed by atoms with Crippen molar-refractivity contribution in [1.29, 1.82) is 0 Å². The molecule has 0 saturated heterocycles. The first kappa shape index (κ1) is 13.9. The quantitative estimate of drug-likeness (QED) is 0.644. The number of hydrogen-bond acceptors (Lipinski definition) is 5. The van der Waals surface area contributed by atoms with E-state index in [-0.39, 0.29) is 23.8 Å². The van der Waals surface area contributed by atoms with Crippen molar-refractivity contribution in [3.8, 4) is 0 Å². The summed E-state index contributed by atoms with van der Waals surface area (Å²) < 4.78 is 9.14. The molecule has 88 valence electrons. The minimum Gasteiger partial charge on any atom is -0.469 e. The molecular formula is C10H19NO4. The van der Waals surface area contributed by atoms with Gasteiger partial charge < -0.3 is 14.8 Å². The molecule has 0 aliphatic carbocycles. The number of carbonyl (C=O) groups excluding carboxylic acids is 2. The average Bonchev–Trinajstić information content (AvgIpc) is 2.26. The van der Waals surface area contributed by atoms with Crippen molar-refractivity contribution in [2.45, 2.75) is 13.8 Å². The van der Waals surface area contributed by atoms with Crippen LogP contribution in [0.25, 0.3) is 0 Å². The van der Waals surface area contributed by atoms with Crippen LogP contribution >= 0.6 is 0 Å². The molecule has 0 fully saturated rings. The summed E-state index contributed by atoms with van der Waals surface area (Å²) in [6.07, 6.45) is 0. The maximum atomic E-state index is 11.0. The number of methoxy groups -OCH3 is 2. The molecule has 5 heteroatoms. The molecule has 0 aromatic carbocycles. The van der Waals surface area contributed by atoms with Crippen molar-refractivity contribution in [3.05, 3.63) is 0 Å².